The lowest BCUT2D eigenvalue weighted by molar-refractivity contribution is -0.137. The quantitative estimate of drug-likeness (QED) is 0.802. The molecule has 1 atom stereocenters. The highest BCUT2D eigenvalue weighted by Crippen LogP contribution is 2.08. The molecule has 2 N–H and O–H groups in total. The highest BCUT2D eigenvalue weighted by Gasteiger charge is 2.18. The fourth-order valence-corrected chi connectivity index (χ4v) is 2.34. The number of nitrogens with one attached hydrogen (secondary N) is 1. The van der Waals surface area contributed by atoms with Crippen molar-refractivity contribution in [1.82, 2.24) is 15.2 Å². The molecule has 2 amide bonds. The van der Waals surface area contributed by atoms with Gasteiger partial charge in [-0.15, -0.1) is 11.3 Å². The summed E-state index contributed by atoms with van der Waals surface area (Å²) in [4.78, 5) is 28.3. The van der Waals surface area contributed by atoms with Gasteiger partial charge in [-0.3, -0.25) is 4.79 Å². The number of thiazole rings is 1. The summed E-state index contributed by atoms with van der Waals surface area (Å²) in [6.07, 6.45) is 3.12. The molecule has 19 heavy (non-hydrogen) atoms. The van der Waals surface area contributed by atoms with E-state index in [2.05, 4.69) is 10.3 Å². The summed E-state index contributed by atoms with van der Waals surface area (Å²) in [5.74, 6) is -0.902. The summed E-state index contributed by atoms with van der Waals surface area (Å²) in [5.41, 5.74) is 0. The third-order valence-corrected chi connectivity index (χ3v) is 3.35. The van der Waals surface area contributed by atoms with E-state index >= 15 is 0 Å². The molecule has 0 saturated heterocycles. The smallest absolute Gasteiger partial charge is 0.317 e. The average molecular weight is 285 g/mol. The minimum atomic E-state index is -0.902. The van der Waals surface area contributed by atoms with E-state index < -0.39 is 5.97 Å². The third-order valence-electron chi connectivity index (χ3n) is 2.59. The monoisotopic (exact) mass is 285 g/mol. The summed E-state index contributed by atoms with van der Waals surface area (Å²) < 4.78 is 0. The second-order valence-electron chi connectivity index (χ2n) is 4.31. The largest absolute Gasteiger partial charge is 0.481 e. The molecule has 0 aliphatic carbocycles. The molecule has 6 nitrogen and oxygen atoms in total. The maximum absolute atomic E-state index is 11.9. The highest BCUT2D eigenvalue weighted by molar-refractivity contribution is 7.09. The standard InChI is InChI=1S/C12H19N3O3S/c1-3-4-9(7-11(16)17)14-12(18)15(2)8-10-13-5-6-19-10/h5-6,9H,3-4,7-8H2,1-2H3,(H,14,18)(H,16,17)/t9-/m0/s1. The number of hydrogen-bond donors (Lipinski definition) is 2. The van der Waals surface area contributed by atoms with Crippen molar-refractivity contribution >= 4 is 23.3 Å². The molecule has 0 aliphatic rings. The fourth-order valence-electron chi connectivity index (χ4n) is 1.68. The van der Waals surface area contributed by atoms with E-state index in [4.69, 9.17) is 5.11 Å². The van der Waals surface area contributed by atoms with Crippen molar-refractivity contribution in [2.75, 3.05) is 7.05 Å². The van der Waals surface area contributed by atoms with Crippen LogP contribution < -0.4 is 5.32 Å². The lowest BCUT2D eigenvalue weighted by Gasteiger charge is -2.21. The number of nitrogens with zero attached hydrogens (tertiary/aromatic N) is 2. The Balaban J connectivity index is 2.48. The molecule has 0 radical (unpaired) electrons. The van der Waals surface area contributed by atoms with E-state index in [1.54, 1.807) is 13.2 Å². The number of hydrogen-bond acceptors (Lipinski definition) is 4. The minimum Gasteiger partial charge on any atom is -0.481 e. The van der Waals surface area contributed by atoms with Crippen LogP contribution in [0, 0.1) is 0 Å². The first kappa shape index (κ1) is 15.4. The van der Waals surface area contributed by atoms with Gasteiger partial charge in [0.15, 0.2) is 0 Å². The molecule has 7 heteroatoms. The third kappa shape index (κ3) is 5.69. The van der Waals surface area contributed by atoms with E-state index in [0.717, 1.165) is 11.4 Å². The van der Waals surface area contributed by atoms with Crippen molar-refractivity contribution in [1.29, 1.82) is 0 Å². The Morgan fingerprint density at radius 2 is 2.32 bits per heavy atom. The molecule has 0 aromatic carbocycles. The molecule has 0 saturated carbocycles. The molecule has 1 heterocycles. The maximum Gasteiger partial charge on any atom is 0.317 e. The minimum absolute atomic E-state index is 0.0509. The summed E-state index contributed by atoms with van der Waals surface area (Å²) >= 11 is 1.48. The van der Waals surface area contributed by atoms with Crippen LogP contribution in [0.3, 0.4) is 0 Å². The zero-order valence-corrected chi connectivity index (χ0v) is 11.9. The van der Waals surface area contributed by atoms with Crippen molar-refractivity contribution in [3.8, 4) is 0 Å². The van der Waals surface area contributed by atoms with Crippen LogP contribution in [0.15, 0.2) is 11.6 Å². The Kier molecular flexibility index (Phi) is 6.27. The predicted octanol–water partition coefficient (Wildman–Crippen LogP) is 1.93. The van der Waals surface area contributed by atoms with Gasteiger partial charge in [0.1, 0.15) is 5.01 Å². The molecule has 1 rings (SSSR count). The van der Waals surface area contributed by atoms with E-state index in [0.29, 0.717) is 13.0 Å². The number of aromatic nitrogens is 1. The van der Waals surface area contributed by atoms with Gasteiger partial charge in [0.2, 0.25) is 0 Å². The first-order valence-electron chi connectivity index (χ1n) is 6.14. The molecule has 0 aliphatic heterocycles. The average Bonchev–Trinajstić information content (AvgIpc) is 2.81. The number of aliphatic carboxylic acids is 1. The van der Waals surface area contributed by atoms with Crippen molar-refractivity contribution in [3.63, 3.8) is 0 Å². The first-order chi connectivity index (χ1) is 9.02. The Morgan fingerprint density at radius 1 is 1.58 bits per heavy atom. The Morgan fingerprint density at radius 3 is 2.84 bits per heavy atom. The van der Waals surface area contributed by atoms with Gasteiger partial charge >= 0.3 is 12.0 Å². The van der Waals surface area contributed by atoms with Gasteiger partial charge in [0.25, 0.3) is 0 Å². The molecule has 0 fully saturated rings. The van der Waals surface area contributed by atoms with E-state index in [-0.39, 0.29) is 18.5 Å². The molecule has 106 valence electrons. The topological polar surface area (TPSA) is 82.5 Å². The Hall–Kier alpha value is -1.63. The Bertz CT molecular complexity index is 408. The SMILES string of the molecule is CCC[C@@H](CC(=O)O)NC(=O)N(C)Cc1nccs1. The number of urea groups is 1. The van der Waals surface area contributed by atoms with Gasteiger partial charge in [-0.2, -0.15) is 0 Å². The number of carbonyl (C=O) groups excluding carboxylic acids is 1. The van der Waals surface area contributed by atoms with Crippen molar-refractivity contribution < 1.29 is 14.7 Å². The molecular weight excluding hydrogens is 266 g/mol. The van der Waals surface area contributed by atoms with Crippen LogP contribution in [-0.4, -0.2) is 40.1 Å². The molecule has 0 bridgehead atoms. The molecule has 0 spiro atoms. The molecule has 1 aromatic heterocycles. The normalized spacial score (nSPS) is 11.9. The number of carboxylic acids is 1. The molecular formula is C12H19N3O3S. The van der Waals surface area contributed by atoms with Gasteiger partial charge in [-0.1, -0.05) is 13.3 Å². The van der Waals surface area contributed by atoms with Gasteiger partial charge < -0.3 is 15.3 Å². The zero-order valence-electron chi connectivity index (χ0n) is 11.1. The van der Waals surface area contributed by atoms with Gasteiger partial charge in [0.05, 0.1) is 13.0 Å². The van der Waals surface area contributed by atoms with Crippen LogP contribution in [0.1, 0.15) is 31.2 Å². The Labute approximate surface area is 116 Å². The van der Waals surface area contributed by atoms with Crippen molar-refractivity contribution in [2.24, 2.45) is 0 Å². The lowest BCUT2D eigenvalue weighted by atomic mass is 10.1. The van der Waals surface area contributed by atoms with Crippen LogP contribution in [-0.2, 0) is 11.3 Å². The summed E-state index contributed by atoms with van der Waals surface area (Å²) in [6.45, 7) is 2.38. The van der Waals surface area contributed by atoms with Gasteiger partial charge in [-0.25, -0.2) is 9.78 Å². The van der Waals surface area contributed by atoms with Crippen LogP contribution in [0.2, 0.25) is 0 Å². The number of rotatable bonds is 7. The van der Waals surface area contributed by atoms with Crippen molar-refractivity contribution in [2.45, 2.75) is 38.8 Å². The number of carbonyl (C=O) groups is 2. The number of amides is 2. The van der Waals surface area contributed by atoms with E-state index in [1.807, 2.05) is 12.3 Å². The van der Waals surface area contributed by atoms with Gasteiger partial charge in [-0.05, 0) is 6.42 Å². The van der Waals surface area contributed by atoms with E-state index in [9.17, 15) is 9.59 Å². The fraction of sp³-hybridized carbons (Fsp3) is 0.583. The van der Waals surface area contributed by atoms with Gasteiger partial charge in [0, 0.05) is 24.7 Å². The second-order valence-corrected chi connectivity index (χ2v) is 5.29. The van der Waals surface area contributed by atoms with Crippen LogP contribution in [0.25, 0.3) is 0 Å². The highest BCUT2D eigenvalue weighted by atomic mass is 32.1. The summed E-state index contributed by atoms with van der Waals surface area (Å²) in [6, 6.07) is -0.594. The summed E-state index contributed by atoms with van der Waals surface area (Å²) in [7, 11) is 1.67. The molecule has 0 unspecified atom stereocenters. The van der Waals surface area contributed by atoms with E-state index in [1.165, 1.54) is 16.2 Å². The van der Waals surface area contributed by atoms with Crippen LogP contribution in [0.4, 0.5) is 4.79 Å². The second kappa shape index (κ2) is 7.73. The maximum atomic E-state index is 11.9. The number of carboxylic acid groups (broad SMARTS) is 1. The van der Waals surface area contributed by atoms with Crippen molar-refractivity contribution in [3.05, 3.63) is 16.6 Å². The van der Waals surface area contributed by atoms with Crippen LogP contribution in [0.5, 0.6) is 0 Å². The molecule has 1 aromatic rings. The predicted molar refractivity (Wildman–Crippen MR) is 73.1 cm³/mol. The summed E-state index contributed by atoms with van der Waals surface area (Å²) in [5, 5.41) is 14.2. The lowest BCUT2D eigenvalue weighted by Crippen LogP contribution is -2.43. The zero-order chi connectivity index (χ0) is 14.3. The first-order valence-corrected chi connectivity index (χ1v) is 7.02. The van der Waals surface area contributed by atoms with Crippen LogP contribution >= 0.6 is 11.3 Å².